The number of carbonyl (C=O) groups excluding carboxylic acids is 1. The highest BCUT2D eigenvalue weighted by Gasteiger charge is 2.26. The second-order valence-corrected chi connectivity index (χ2v) is 2.82. The summed E-state index contributed by atoms with van der Waals surface area (Å²) in [6.07, 6.45) is 0.909. The lowest BCUT2D eigenvalue weighted by Crippen LogP contribution is -2.31. The van der Waals surface area contributed by atoms with Gasteiger partial charge in [0.1, 0.15) is 6.04 Å². The third kappa shape index (κ3) is 2.67. The van der Waals surface area contributed by atoms with Gasteiger partial charge in [-0.1, -0.05) is 6.92 Å². The van der Waals surface area contributed by atoms with E-state index in [2.05, 4.69) is 17.0 Å². The van der Waals surface area contributed by atoms with Crippen LogP contribution in [0.25, 0.3) is 0 Å². The summed E-state index contributed by atoms with van der Waals surface area (Å²) in [4.78, 5) is 10.9. The van der Waals surface area contributed by atoms with E-state index in [0.29, 0.717) is 5.92 Å². The van der Waals surface area contributed by atoms with E-state index in [0.717, 1.165) is 13.0 Å². The van der Waals surface area contributed by atoms with Gasteiger partial charge in [0.05, 0.1) is 7.11 Å². The average molecular weight is 180 g/mol. The number of esters is 1. The van der Waals surface area contributed by atoms with E-state index in [1.165, 1.54) is 7.11 Å². The number of nitrogens with one attached hydrogen (secondary N) is 1. The molecule has 0 aromatic rings. The quantitative estimate of drug-likeness (QED) is 0.599. The molecule has 1 aliphatic heterocycles. The van der Waals surface area contributed by atoms with Crippen LogP contribution in [0.15, 0.2) is 0 Å². The molecule has 0 radical (unpaired) electrons. The van der Waals surface area contributed by atoms with Crippen molar-refractivity contribution < 1.29 is 9.53 Å². The minimum Gasteiger partial charge on any atom is -0.468 e. The zero-order valence-electron chi connectivity index (χ0n) is 6.79. The molecular weight excluding hydrogens is 166 g/mol. The van der Waals surface area contributed by atoms with Crippen molar-refractivity contribution in [3.8, 4) is 0 Å². The molecule has 3 nitrogen and oxygen atoms in total. The first-order valence-electron chi connectivity index (χ1n) is 3.55. The Hall–Kier alpha value is -0.280. The van der Waals surface area contributed by atoms with Crippen LogP contribution in [0.4, 0.5) is 0 Å². The van der Waals surface area contributed by atoms with Crippen molar-refractivity contribution in [1.29, 1.82) is 0 Å². The van der Waals surface area contributed by atoms with Crippen molar-refractivity contribution >= 4 is 18.4 Å². The average Bonchev–Trinajstić information content (AvgIpc) is 2.34. The normalized spacial score (nSPS) is 29.3. The molecule has 1 heterocycles. The summed E-state index contributed by atoms with van der Waals surface area (Å²) in [5, 5.41) is 3.08. The zero-order valence-corrected chi connectivity index (χ0v) is 7.61. The number of hydrogen-bond acceptors (Lipinski definition) is 3. The molecule has 1 aliphatic rings. The van der Waals surface area contributed by atoms with Crippen LogP contribution < -0.4 is 5.32 Å². The molecule has 0 aliphatic carbocycles. The van der Waals surface area contributed by atoms with Gasteiger partial charge in [0, 0.05) is 0 Å². The van der Waals surface area contributed by atoms with Crippen molar-refractivity contribution in [3.05, 3.63) is 0 Å². The lowest BCUT2D eigenvalue weighted by molar-refractivity contribution is -0.142. The summed E-state index contributed by atoms with van der Waals surface area (Å²) in [7, 11) is 1.42. The third-order valence-electron chi connectivity index (χ3n) is 1.84. The van der Waals surface area contributed by atoms with Crippen LogP contribution in [-0.2, 0) is 9.53 Å². The summed E-state index contributed by atoms with van der Waals surface area (Å²) in [6.45, 7) is 3.05. The second-order valence-electron chi connectivity index (χ2n) is 2.82. The van der Waals surface area contributed by atoms with Crippen molar-refractivity contribution in [2.45, 2.75) is 19.4 Å². The number of carbonyl (C=O) groups is 1. The van der Waals surface area contributed by atoms with Gasteiger partial charge < -0.3 is 10.1 Å². The molecule has 1 saturated heterocycles. The zero-order chi connectivity index (χ0) is 7.56. The van der Waals surface area contributed by atoms with E-state index < -0.39 is 0 Å². The highest BCUT2D eigenvalue weighted by molar-refractivity contribution is 5.85. The predicted octanol–water partition coefficient (Wildman–Crippen LogP) is 0.579. The molecule has 0 saturated carbocycles. The largest absolute Gasteiger partial charge is 0.468 e. The van der Waals surface area contributed by atoms with Crippen LogP contribution in [0.3, 0.4) is 0 Å². The topological polar surface area (TPSA) is 38.3 Å². The maximum Gasteiger partial charge on any atom is 0.322 e. The SMILES string of the molecule is COC(=O)[C@@H]1C[C@@H](C)CN1.Cl. The van der Waals surface area contributed by atoms with Crippen LogP contribution in [0.2, 0.25) is 0 Å². The highest BCUT2D eigenvalue weighted by atomic mass is 35.5. The Labute approximate surface area is 72.9 Å². The molecule has 4 heteroatoms. The highest BCUT2D eigenvalue weighted by Crippen LogP contribution is 2.13. The number of halogens is 1. The van der Waals surface area contributed by atoms with Crippen LogP contribution in [0.5, 0.6) is 0 Å². The summed E-state index contributed by atoms with van der Waals surface area (Å²) in [6, 6.07) is -0.0556. The molecule has 0 spiro atoms. The van der Waals surface area contributed by atoms with E-state index in [1.807, 2.05) is 0 Å². The van der Waals surface area contributed by atoms with Crippen molar-refractivity contribution in [2.75, 3.05) is 13.7 Å². The van der Waals surface area contributed by atoms with E-state index in [-0.39, 0.29) is 24.4 Å². The van der Waals surface area contributed by atoms with Crippen LogP contribution in [0.1, 0.15) is 13.3 Å². The lowest BCUT2D eigenvalue weighted by atomic mass is 10.1. The van der Waals surface area contributed by atoms with Crippen LogP contribution in [0, 0.1) is 5.92 Å². The molecule has 66 valence electrons. The van der Waals surface area contributed by atoms with Crippen LogP contribution >= 0.6 is 12.4 Å². The first-order valence-corrected chi connectivity index (χ1v) is 3.55. The maximum atomic E-state index is 10.9. The Balaban J connectivity index is 0.000001000. The summed E-state index contributed by atoms with van der Waals surface area (Å²) in [5.41, 5.74) is 0. The van der Waals surface area contributed by atoms with E-state index in [4.69, 9.17) is 0 Å². The summed E-state index contributed by atoms with van der Waals surface area (Å²) < 4.78 is 4.58. The van der Waals surface area contributed by atoms with E-state index in [1.54, 1.807) is 0 Å². The van der Waals surface area contributed by atoms with Gasteiger partial charge in [-0.2, -0.15) is 0 Å². The van der Waals surface area contributed by atoms with Crippen molar-refractivity contribution in [1.82, 2.24) is 5.32 Å². The molecule has 1 rings (SSSR count). The summed E-state index contributed by atoms with van der Waals surface area (Å²) in [5.74, 6) is 0.466. The maximum absolute atomic E-state index is 10.9. The second kappa shape index (κ2) is 4.57. The predicted molar refractivity (Wildman–Crippen MR) is 44.8 cm³/mol. The molecule has 1 fully saturated rings. The molecule has 0 unspecified atom stereocenters. The molecule has 0 aromatic carbocycles. The van der Waals surface area contributed by atoms with Gasteiger partial charge >= 0.3 is 5.97 Å². The molecule has 1 N–H and O–H groups in total. The molecule has 0 bridgehead atoms. The molecular formula is C7H14ClNO2. The van der Waals surface area contributed by atoms with Gasteiger partial charge in [0.25, 0.3) is 0 Å². The molecule has 11 heavy (non-hydrogen) atoms. The van der Waals surface area contributed by atoms with Gasteiger partial charge in [-0.25, -0.2) is 0 Å². The number of methoxy groups -OCH3 is 1. The van der Waals surface area contributed by atoms with Gasteiger partial charge in [-0.05, 0) is 18.9 Å². The van der Waals surface area contributed by atoms with E-state index in [9.17, 15) is 4.79 Å². The Bertz CT molecular complexity index is 140. The number of hydrogen-bond donors (Lipinski definition) is 1. The minimum atomic E-state index is -0.135. The van der Waals surface area contributed by atoms with Gasteiger partial charge in [0.15, 0.2) is 0 Å². The minimum absolute atomic E-state index is 0. The fourth-order valence-electron chi connectivity index (χ4n) is 1.23. The third-order valence-corrected chi connectivity index (χ3v) is 1.84. The first kappa shape index (κ1) is 10.7. The summed E-state index contributed by atoms with van der Waals surface area (Å²) >= 11 is 0. The van der Waals surface area contributed by atoms with Crippen LogP contribution in [-0.4, -0.2) is 25.7 Å². The van der Waals surface area contributed by atoms with Gasteiger partial charge in [0.2, 0.25) is 0 Å². The Morgan fingerprint density at radius 3 is 2.64 bits per heavy atom. The van der Waals surface area contributed by atoms with Crippen molar-refractivity contribution in [3.63, 3.8) is 0 Å². The standard InChI is InChI=1S/C7H13NO2.ClH/c1-5-3-6(8-4-5)7(9)10-2;/h5-6,8H,3-4H2,1-2H3;1H/t5-,6+;/m1./s1. The Morgan fingerprint density at radius 2 is 2.27 bits per heavy atom. The Morgan fingerprint density at radius 1 is 1.64 bits per heavy atom. The monoisotopic (exact) mass is 179 g/mol. The van der Waals surface area contributed by atoms with Crippen molar-refractivity contribution in [2.24, 2.45) is 5.92 Å². The molecule has 0 aromatic heterocycles. The smallest absolute Gasteiger partial charge is 0.322 e. The molecule has 0 amide bonds. The fourth-order valence-corrected chi connectivity index (χ4v) is 1.23. The van der Waals surface area contributed by atoms with E-state index >= 15 is 0 Å². The van der Waals surface area contributed by atoms with Gasteiger partial charge in [-0.3, -0.25) is 4.79 Å². The molecule has 2 atom stereocenters. The number of rotatable bonds is 1. The Kier molecular flexibility index (Phi) is 4.45. The van der Waals surface area contributed by atoms with Gasteiger partial charge in [-0.15, -0.1) is 12.4 Å². The first-order chi connectivity index (χ1) is 4.74. The number of ether oxygens (including phenoxy) is 1. The fraction of sp³-hybridized carbons (Fsp3) is 0.857. The lowest BCUT2D eigenvalue weighted by Gasteiger charge is -2.05.